The molecule has 2 aliphatic rings. The molecule has 1 aliphatic carbocycles. The van der Waals surface area contributed by atoms with Gasteiger partial charge < -0.3 is 5.11 Å². The largest absolute Gasteiger partial charge is 0.459 e. The first-order valence-corrected chi connectivity index (χ1v) is 6.73. The average molecular weight is 328 g/mol. The number of nitrogens with one attached hydrogen (secondary N) is 1. The van der Waals surface area contributed by atoms with E-state index >= 15 is 0 Å². The van der Waals surface area contributed by atoms with Crippen LogP contribution in [0.1, 0.15) is 33.6 Å². The van der Waals surface area contributed by atoms with Crippen LogP contribution in [-0.4, -0.2) is 33.8 Å². The van der Waals surface area contributed by atoms with Gasteiger partial charge in [0.1, 0.15) is 5.70 Å². The fourth-order valence-corrected chi connectivity index (χ4v) is 2.11. The first-order chi connectivity index (χ1) is 9.72. The Kier molecular flexibility index (Phi) is 3.52. The van der Waals surface area contributed by atoms with Gasteiger partial charge in [0.15, 0.2) is 5.72 Å². The molecule has 0 saturated heterocycles. The Bertz CT molecular complexity index is 520. The Hall–Kier alpha value is -1.38. The molecule has 0 aromatic rings. The van der Waals surface area contributed by atoms with Gasteiger partial charge in [0.25, 0.3) is 0 Å². The Morgan fingerprint density at radius 1 is 1.27 bits per heavy atom. The van der Waals surface area contributed by atoms with Crippen molar-refractivity contribution in [2.45, 2.75) is 51.4 Å². The van der Waals surface area contributed by atoms with Crippen molar-refractivity contribution in [3.05, 3.63) is 11.8 Å². The second kappa shape index (κ2) is 4.56. The summed E-state index contributed by atoms with van der Waals surface area (Å²) in [7, 11) is 0. The van der Waals surface area contributed by atoms with Crippen molar-refractivity contribution >= 4 is 5.91 Å². The van der Waals surface area contributed by atoms with E-state index in [0.717, 1.165) is 0 Å². The second-order valence-corrected chi connectivity index (χ2v) is 6.67. The number of hydrazine groups is 1. The van der Waals surface area contributed by atoms with Gasteiger partial charge in [-0.3, -0.25) is 10.2 Å². The average Bonchev–Trinajstić information content (AvgIpc) is 3.09. The molecule has 4 nitrogen and oxygen atoms in total. The summed E-state index contributed by atoms with van der Waals surface area (Å²) in [4.78, 5) is 12.1. The summed E-state index contributed by atoms with van der Waals surface area (Å²) in [6.07, 6.45) is -4.41. The summed E-state index contributed by atoms with van der Waals surface area (Å²) < 4.78 is 64.6. The number of alkyl halides is 5. The molecule has 1 aliphatic heterocycles. The summed E-state index contributed by atoms with van der Waals surface area (Å²) in [6.45, 7) is 4.31. The van der Waals surface area contributed by atoms with Crippen LogP contribution >= 0.6 is 0 Å². The van der Waals surface area contributed by atoms with E-state index < -0.39 is 40.8 Å². The van der Waals surface area contributed by atoms with E-state index in [2.05, 4.69) is 0 Å². The van der Waals surface area contributed by atoms with E-state index in [1.165, 1.54) is 20.8 Å². The van der Waals surface area contributed by atoms with E-state index in [0.29, 0.717) is 23.9 Å². The smallest absolute Gasteiger partial charge is 0.365 e. The van der Waals surface area contributed by atoms with Crippen molar-refractivity contribution in [2.24, 2.45) is 11.3 Å². The summed E-state index contributed by atoms with van der Waals surface area (Å²) in [6, 6.07) is 0. The molecule has 0 spiro atoms. The van der Waals surface area contributed by atoms with Crippen molar-refractivity contribution in [3.8, 4) is 0 Å². The van der Waals surface area contributed by atoms with Gasteiger partial charge in [-0.15, -0.1) is 0 Å². The maximum atomic E-state index is 13.5. The standard InChI is InChI=1S/C13H17F5N2O2/c1-10(2,3)11(22)6-8(12(14,15)13(16,17)18)19-20(11)9(21)7-4-5-7/h6-7,19,22H,4-5H2,1-3H3/t11-/m0/s1. The zero-order chi connectivity index (χ0) is 17.1. The number of rotatable bonds is 2. The molecule has 2 rings (SSSR count). The fourth-order valence-electron chi connectivity index (χ4n) is 2.11. The highest BCUT2D eigenvalue weighted by molar-refractivity contribution is 5.82. The molecule has 2 N–H and O–H groups in total. The first kappa shape index (κ1) is 17.0. The summed E-state index contributed by atoms with van der Waals surface area (Å²) in [5.41, 5.74) is -3.21. The third-order valence-electron chi connectivity index (χ3n) is 3.86. The number of carbonyl (C=O) groups is 1. The molecule has 0 bridgehead atoms. The molecule has 1 atom stereocenters. The van der Waals surface area contributed by atoms with Gasteiger partial charge in [-0.2, -0.15) is 22.0 Å². The van der Waals surface area contributed by atoms with Gasteiger partial charge in [0.05, 0.1) is 0 Å². The highest BCUT2D eigenvalue weighted by atomic mass is 19.4. The van der Waals surface area contributed by atoms with Gasteiger partial charge in [0, 0.05) is 11.3 Å². The zero-order valence-corrected chi connectivity index (χ0v) is 12.3. The Morgan fingerprint density at radius 2 is 1.77 bits per heavy atom. The lowest BCUT2D eigenvalue weighted by molar-refractivity contribution is -0.267. The third kappa shape index (κ3) is 2.45. The Morgan fingerprint density at radius 3 is 2.14 bits per heavy atom. The van der Waals surface area contributed by atoms with Crippen molar-refractivity contribution < 1.29 is 31.9 Å². The Labute approximate surface area is 123 Å². The van der Waals surface area contributed by atoms with Gasteiger partial charge >= 0.3 is 12.1 Å². The van der Waals surface area contributed by atoms with E-state index in [4.69, 9.17) is 0 Å². The molecule has 126 valence electrons. The SMILES string of the molecule is CC(C)(C)[C@@]1(O)C=C(C(F)(F)C(F)(F)F)NN1C(=O)C1CC1. The topological polar surface area (TPSA) is 52.6 Å². The maximum Gasteiger partial charge on any atom is 0.459 e. The predicted molar refractivity (Wildman–Crippen MR) is 66.2 cm³/mol. The van der Waals surface area contributed by atoms with Crippen LogP contribution in [0.2, 0.25) is 0 Å². The summed E-state index contributed by atoms with van der Waals surface area (Å²) in [5, 5.41) is 11.1. The second-order valence-electron chi connectivity index (χ2n) is 6.67. The molecule has 1 fully saturated rings. The van der Waals surface area contributed by atoms with Crippen LogP contribution in [0.15, 0.2) is 11.8 Å². The fraction of sp³-hybridized carbons (Fsp3) is 0.769. The van der Waals surface area contributed by atoms with Crippen molar-refractivity contribution in [1.29, 1.82) is 0 Å². The normalized spacial score (nSPS) is 26.8. The van der Waals surface area contributed by atoms with Crippen LogP contribution in [0.25, 0.3) is 0 Å². The lowest BCUT2D eigenvalue weighted by atomic mass is 9.82. The third-order valence-corrected chi connectivity index (χ3v) is 3.86. The summed E-state index contributed by atoms with van der Waals surface area (Å²) >= 11 is 0. The number of hydrogen-bond acceptors (Lipinski definition) is 3. The van der Waals surface area contributed by atoms with Crippen LogP contribution in [0.4, 0.5) is 22.0 Å². The van der Waals surface area contributed by atoms with E-state index in [9.17, 15) is 31.9 Å². The van der Waals surface area contributed by atoms with Crippen LogP contribution < -0.4 is 5.43 Å². The van der Waals surface area contributed by atoms with Crippen molar-refractivity contribution in [1.82, 2.24) is 10.4 Å². The number of allylic oxidation sites excluding steroid dienone is 1. The van der Waals surface area contributed by atoms with Gasteiger partial charge in [-0.25, -0.2) is 5.01 Å². The number of aliphatic hydroxyl groups is 1. The van der Waals surface area contributed by atoms with Crippen LogP contribution in [-0.2, 0) is 4.79 Å². The highest BCUT2D eigenvalue weighted by Crippen LogP contribution is 2.47. The Balaban J connectivity index is 2.44. The molecule has 22 heavy (non-hydrogen) atoms. The van der Waals surface area contributed by atoms with E-state index in [1.807, 2.05) is 0 Å². The molecule has 1 heterocycles. The van der Waals surface area contributed by atoms with E-state index in [-0.39, 0.29) is 0 Å². The highest BCUT2D eigenvalue weighted by Gasteiger charge is 2.65. The van der Waals surface area contributed by atoms with Crippen LogP contribution in [0, 0.1) is 11.3 Å². The quantitative estimate of drug-likeness (QED) is 0.766. The minimum Gasteiger partial charge on any atom is -0.365 e. The number of halogens is 5. The minimum absolute atomic E-state index is 0.390. The lowest BCUT2D eigenvalue weighted by Gasteiger charge is -2.42. The predicted octanol–water partition coefficient (Wildman–Crippen LogP) is 2.56. The lowest BCUT2D eigenvalue weighted by Crippen LogP contribution is -2.60. The van der Waals surface area contributed by atoms with Crippen molar-refractivity contribution in [3.63, 3.8) is 0 Å². The number of nitrogens with zero attached hydrogens (tertiary/aromatic N) is 1. The summed E-state index contributed by atoms with van der Waals surface area (Å²) in [5.74, 6) is -6.35. The molecule has 9 heteroatoms. The van der Waals surface area contributed by atoms with E-state index in [1.54, 1.807) is 5.43 Å². The van der Waals surface area contributed by atoms with Gasteiger partial charge in [-0.05, 0) is 18.9 Å². The molecule has 0 aromatic heterocycles. The first-order valence-electron chi connectivity index (χ1n) is 6.73. The van der Waals surface area contributed by atoms with Crippen LogP contribution in [0.3, 0.4) is 0 Å². The van der Waals surface area contributed by atoms with Crippen LogP contribution in [0.5, 0.6) is 0 Å². The molecule has 0 radical (unpaired) electrons. The maximum absolute atomic E-state index is 13.5. The molecular weight excluding hydrogens is 311 g/mol. The monoisotopic (exact) mass is 328 g/mol. The number of hydrogen-bond donors (Lipinski definition) is 2. The van der Waals surface area contributed by atoms with Gasteiger partial charge in [-0.1, -0.05) is 20.8 Å². The molecule has 1 saturated carbocycles. The number of carbonyl (C=O) groups excluding carboxylic acids is 1. The zero-order valence-electron chi connectivity index (χ0n) is 12.3. The van der Waals surface area contributed by atoms with Gasteiger partial charge in [0.2, 0.25) is 5.91 Å². The molecule has 0 unspecified atom stereocenters. The van der Waals surface area contributed by atoms with Crippen molar-refractivity contribution in [2.75, 3.05) is 0 Å². The number of amides is 1. The minimum atomic E-state index is -5.83. The molecule has 1 amide bonds. The molecule has 0 aromatic carbocycles. The molecular formula is C13H17F5N2O2.